The quantitative estimate of drug-likeness (QED) is 0.553. The number of hydrogen-bond acceptors (Lipinski definition) is 9. The van der Waals surface area contributed by atoms with Crippen molar-refractivity contribution in [1.29, 1.82) is 0 Å². The van der Waals surface area contributed by atoms with Gasteiger partial charge in [-0.15, -0.1) is 0 Å². The number of rotatable bonds is 6. The summed E-state index contributed by atoms with van der Waals surface area (Å²) in [7, 11) is -3.31. The number of alkyl halides is 3. The number of ether oxygens (including phenoxy) is 1. The highest BCUT2D eigenvalue weighted by Gasteiger charge is 2.40. The van der Waals surface area contributed by atoms with Gasteiger partial charge in [0.1, 0.15) is 11.8 Å². The Hall–Kier alpha value is -2.10. The van der Waals surface area contributed by atoms with Crippen molar-refractivity contribution in [2.45, 2.75) is 56.5 Å². The van der Waals surface area contributed by atoms with Crippen LogP contribution in [0.1, 0.15) is 37.8 Å². The number of hydrogen-bond donors (Lipinski definition) is 2. The molecule has 2 fully saturated rings. The first-order valence-corrected chi connectivity index (χ1v) is 13.3. The largest absolute Gasteiger partial charge is 0.465 e. The molecule has 0 amide bonds. The third kappa shape index (κ3) is 5.58. The van der Waals surface area contributed by atoms with Crippen LogP contribution in [-0.2, 0) is 16.2 Å². The fourth-order valence-corrected chi connectivity index (χ4v) is 5.90. The second-order valence-electron chi connectivity index (χ2n) is 8.38. The van der Waals surface area contributed by atoms with Crippen molar-refractivity contribution < 1.29 is 30.7 Å². The molecule has 2 atom stereocenters. The van der Waals surface area contributed by atoms with E-state index in [-0.39, 0.29) is 36.3 Å². The molecule has 1 saturated heterocycles. The summed E-state index contributed by atoms with van der Waals surface area (Å²) in [5.41, 5.74) is 4.11. The van der Waals surface area contributed by atoms with E-state index in [1.165, 1.54) is 4.31 Å². The second kappa shape index (κ2) is 9.51. The summed E-state index contributed by atoms with van der Waals surface area (Å²) < 4.78 is 86.0. The Morgan fingerprint density at radius 3 is 2.50 bits per heavy atom. The number of anilines is 1. The molecular weight excluding hydrogens is 500 g/mol. The molecule has 0 radical (unpaired) electrons. The van der Waals surface area contributed by atoms with Crippen molar-refractivity contribution in [1.82, 2.24) is 19.3 Å². The molecule has 15 heteroatoms. The van der Waals surface area contributed by atoms with Crippen molar-refractivity contribution in [3.8, 4) is 15.8 Å². The van der Waals surface area contributed by atoms with E-state index < -0.39 is 44.4 Å². The van der Waals surface area contributed by atoms with Crippen LogP contribution in [0.5, 0.6) is 5.19 Å². The first-order chi connectivity index (χ1) is 15.9. The highest BCUT2D eigenvalue weighted by Crippen LogP contribution is 2.43. The lowest BCUT2D eigenvalue weighted by atomic mass is 10.1. The smallest absolute Gasteiger partial charge is 0.435 e. The van der Waals surface area contributed by atoms with E-state index in [9.17, 15) is 26.0 Å². The monoisotopic (exact) mass is 524 g/mol. The Morgan fingerprint density at radius 1 is 1.21 bits per heavy atom. The van der Waals surface area contributed by atoms with Crippen molar-refractivity contribution >= 4 is 27.3 Å². The molecule has 2 aromatic rings. The van der Waals surface area contributed by atoms with Crippen LogP contribution in [0.25, 0.3) is 10.6 Å². The third-order valence-electron chi connectivity index (χ3n) is 5.85. The molecule has 0 aromatic carbocycles. The number of nitrogens with one attached hydrogen (secondary N) is 1. The number of nitrogens with two attached hydrogens (primary N) is 1. The summed E-state index contributed by atoms with van der Waals surface area (Å²) in [4.78, 5) is 10.9. The van der Waals surface area contributed by atoms with Crippen LogP contribution in [0.4, 0.5) is 23.5 Å². The third-order valence-corrected chi connectivity index (χ3v) is 8.10. The summed E-state index contributed by atoms with van der Waals surface area (Å²) in [6.45, 7) is 0.559. The molecule has 2 aliphatic rings. The second-order valence-corrected chi connectivity index (χ2v) is 11.3. The van der Waals surface area contributed by atoms with Crippen molar-refractivity contribution in [2.75, 3.05) is 24.7 Å². The Labute approximate surface area is 197 Å². The molecule has 3 N–H and O–H groups in total. The summed E-state index contributed by atoms with van der Waals surface area (Å²) in [5, 5.41) is 2.72. The first-order valence-electron chi connectivity index (χ1n) is 10.7. The van der Waals surface area contributed by atoms with Crippen molar-refractivity contribution in [3.63, 3.8) is 0 Å². The number of thiazole rings is 1. The Kier molecular flexibility index (Phi) is 6.99. The lowest BCUT2D eigenvalue weighted by molar-refractivity contribution is -0.140. The number of aromatic nitrogens is 3. The van der Waals surface area contributed by atoms with Crippen LogP contribution < -0.4 is 15.8 Å². The minimum Gasteiger partial charge on any atom is -0.465 e. The average Bonchev–Trinajstić information content (AvgIpc) is 3.36. The van der Waals surface area contributed by atoms with Crippen LogP contribution >= 0.6 is 11.3 Å². The minimum absolute atomic E-state index is 0.0592. The van der Waals surface area contributed by atoms with E-state index in [2.05, 4.69) is 20.3 Å². The maximum absolute atomic E-state index is 14.6. The number of nitrogens with zero attached hydrogens (tertiary/aromatic N) is 4. The number of piperidine rings is 1. The summed E-state index contributed by atoms with van der Waals surface area (Å²) in [5.74, 6) is -1.09. The number of halogens is 4. The summed E-state index contributed by atoms with van der Waals surface area (Å²) in [6.07, 6.45) is -0.395. The standard InChI is InChI=1S/C19H24F4N6O3S2/c1-34(30,31)29-7-5-10(6-8-29)26-17-25-9-11(20)14(27-17)15-16(19(21,22)23)28-18(33-15)32-13-4-2-3-12(13)24/h9-10,12-13H,2-8,24H2,1H3,(H,25,26,27)/t12-,13-/m0/s1. The molecule has 34 heavy (non-hydrogen) atoms. The van der Waals surface area contributed by atoms with Gasteiger partial charge in [0.2, 0.25) is 16.0 Å². The summed E-state index contributed by atoms with van der Waals surface area (Å²) in [6, 6.07) is -0.523. The zero-order chi connectivity index (χ0) is 24.7. The molecule has 0 unspecified atom stereocenters. The predicted octanol–water partition coefficient (Wildman–Crippen LogP) is 2.85. The molecule has 0 spiro atoms. The van der Waals surface area contributed by atoms with E-state index in [1.54, 1.807) is 0 Å². The van der Waals surface area contributed by atoms with Crippen LogP contribution in [0.2, 0.25) is 0 Å². The van der Waals surface area contributed by atoms with Gasteiger partial charge in [-0.3, -0.25) is 0 Å². The molecule has 3 heterocycles. The van der Waals surface area contributed by atoms with Crippen LogP contribution in [0.15, 0.2) is 6.20 Å². The fraction of sp³-hybridized carbons (Fsp3) is 0.632. The minimum atomic E-state index is -4.85. The van der Waals surface area contributed by atoms with E-state index >= 15 is 0 Å². The molecule has 4 rings (SSSR count). The van der Waals surface area contributed by atoms with Gasteiger partial charge in [0.25, 0.3) is 5.19 Å². The average molecular weight is 525 g/mol. The summed E-state index contributed by atoms with van der Waals surface area (Å²) >= 11 is 0.560. The Bertz CT molecular complexity index is 1140. The van der Waals surface area contributed by atoms with Gasteiger partial charge in [-0.05, 0) is 32.1 Å². The zero-order valence-corrected chi connectivity index (χ0v) is 19.8. The van der Waals surface area contributed by atoms with E-state index in [4.69, 9.17) is 10.5 Å². The highest BCUT2D eigenvalue weighted by molar-refractivity contribution is 7.88. The molecular formula is C19H24F4N6O3S2. The molecule has 1 aliphatic heterocycles. The van der Waals surface area contributed by atoms with Gasteiger partial charge in [0.15, 0.2) is 11.5 Å². The lowest BCUT2D eigenvalue weighted by Crippen LogP contribution is -2.42. The molecule has 2 aromatic heterocycles. The molecule has 1 saturated carbocycles. The van der Waals surface area contributed by atoms with Crippen LogP contribution in [-0.4, -0.2) is 65.2 Å². The van der Waals surface area contributed by atoms with Crippen LogP contribution in [0.3, 0.4) is 0 Å². The topological polar surface area (TPSA) is 123 Å². The lowest BCUT2D eigenvalue weighted by Gasteiger charge is -2.30. The Morgan fingerprint density at radius 2 is 1.91 bits per heavy atom. The van der Waals surface area contributed by atoms with Gasteiger partial charge in [-0.25, -0.2) is 27.1 Å². The van der Waals surface area contributed by atoms with Crippen molar-refractivity contribution in [3.05, 3.63) is 17.7 Å². The SMILES string of the molecule is CS(=O)(=O)N1CCC(Nc2ncc(F)c(-c3sc(O[C@H]4CCC[C@@H]4N)nc3C(F)(F)F)n2)CC1. The van der Waals surface area contributed by atoms with Gasteiger partial charge < -0.3 is 15.8 Å². The maximum atomic E-state index is 14.6. The predicted molar refractivity (Wildman–Crippen MR) is 117 cm³/mol. The van der Waals surface area contributed by atoms with E-state index in [1.807, 2.05) is 0 Å². The number of sulfonamides is 1. The first kappa shape index (κ1) is 25.0. The fourth-order valence-electron chi connectivity index (χ4n) is 4.04. The van der Waals surface area contributed by atoms with E-state index in [0.717, 1.165) is 18.9 Å². The Balaban J connectivity index is 1.57. The molecule has 0 bridgehead atoms. The van der Waals surface area contributed by atoms with Gasteiger partial charge in [-0.2, -0.15) is 18.2 Å². The zero-order valence-electron chi connectivity index (χ0n) is 18.2. The van der Waals surface area contributed by atoms with E-state index in [0.29, 0.717) is 37.0 Å². The van der Waals surface area contributed by atoms with Gasteiger partial charge in [0.05, 0.1) is 17.3 Å². The van der Waals surface area contributed by atoms with Crippen molar-refractivity contribution in [2.24, 2.45) is 5.73 Å². The van der Waals surface area contributed by atoms with Crippen LogP contribution in [0, 0.1) is 5.82 Å². The molecule has 9 nitrogen and oxygen atoms in total. The highest BCUT2D eigenvalue weighted by atomic mass is 32.2. The normalized spacial score (nSPS) is 22.8. The molecule has 1 aliphatic carbocycles. The van der Waals surface area contributed by atoms with Gasteiger partial charge in [-0.1, -0.05) is 11.3 Å². The molecule has 188 valence electrons. The van der Waals surface area contributed by atoms with Gasteiger partial charge in [0, 0.05) is 25.2 Å². The maximum Gasteiger partial charge on any atom is 0.435 e. The van der Waals surface area contributed by atoms with Gasteiger partial charge >= 0.3 is 6.18 Å².